The van der Waals surface area contributed by atoms with E-state index in [0.717, 1.165) is 28.0 Å². The fraction of sp³-hybridized carbons (Fsp3) is 0.345. The van der Waals surface area contributed by atoms with Gasteiger partial charge in [0.05, 0.1) is 5.92 Å². The van der Waals surface area contributed by atoms with Crippen LogP contribution in [0.15, 0.2) is 66.7 Å². The zero-order valence-electron chi connectivity index (χ0n) is 19.8. The van der Waals surface area contributed by atoms with Gasteiger partial charge in [0, 0.05) is 11.1 Å². The molecule has 0 saturated carbocycles. The second kappa shape index (κ2) is 7.81. The molecule has 2 atom stereocenters. The monoisotopic (exact) mass is 428 g/mol. The fourth-order valence-corrected chi connectivity index (χ4v) is 4.52. The van der Waals surface area contributed by atoms with Gasteiger partial charge in [0.25, 0.3) is 0 Å². The molecule has 3 nitrogen and oxygen atoms in total. The van der Waals surface area contributed by atoms with Crippen LogP contribution in [0.3, 0.4) is 0 Å². The van der Waals surface area contributed by atoms with Crippen LogP contribution in [0.1, 0.15) is 80.1 Å². The van der Waals surface area contributed by atoms with Crippen LogP contribution < -0.4 is 4.74 Å². The molecular weight excluding hydrogens is 396 g/mol. The zero-order valence-corrected chi connectivity index (χ0v) is 19.8. The number of phenols is 1. The highest BCUT2D eigenvalue weighted by atomic mass is 16.5. The second-order valence-electron chi connectivity index (χ2n) is 10.7. The number of phenolic OH excluding ortho intramolecular Hbond substituents is 1. The Hall–Kier alpha value is -3.07. The number of rotatable bonds is 3. The summed E-state index contributed by atoms with van der Waals surface area (Å²) in [5, 5.41) is 11.2. The van der Waals surface area contributed by atoms with Crippen molar-refractivity contribution < 1.29 is 14.6 Å². The Balaban J connectivity index is 1.93. The minimum absolute atomic E-state index is 0.0329. The summed E-state index contributed by atoms with van der Waals surface area (Å²) >= 11 is 0. The maximum Gasteiger partial charge on any atom is 0.204 e. The minimum atomic E-state index is -0.653. The number of hydrogen-bond donors (Lipinski definition) is 1. The molecule has 0 bridgehead atoms. The molecule has 0 unspecified atom stereocenters. The minimum Gasteiger partial charge on any atom is -0.507 e. The van der Waals surface area contributed by atoms with E-state index >= 15 is 0 Å². The van der Waals surface area contributed by atoms with Crippen molar-refractivity contribution in [3.63, 3.8) is 0 Å². The molecule has 0 amide bonds. The lowest BCUT2D eigenvalue weighted by molar-refractivity contribution is 0.0806. The van der Waals surface area contributed by atoms with Gasteiger partial charge >= 0.3 is 0 Å². The van der Waals surface area contributed by atoms with Crippen molar-refractivity contribution in [1.29, 1.82) is 0 Å². The number of carbonyl (C=O) groups is 1. The normalized spacial score (nSPS) is 18.2. The number of para-hydroxylation sites is 1. The summed E-state index contributed by atoms with van der Waals surface area (Å²) in [5.41, 5.74) is 3.91. The third kappa shape index (κ3) is 3.92. The molecule has 3 aromatic rings. The number of ketones is 1. The Morgan fingerprint density at radius 3 is 1.91 bits per heavy atom. The first-order valence-electron chi connectivity index (χ1n) is 11.2. The van der Waals surface area contributed by atoms with Gasteiger partial charge in [-0.05, 0) is 33.6 Å². The first-order valence-corrected chi connectivity index (χ1v) is 11.2. The third-order valence-corrected chi connectivity index (χ3v) is 6.23. The van der Waals surface area contributed by atoms with E-state index in [0.29, 0.717) is 11.3 Å². The van der Waals surface area contributed by atoms with E-state index in [1.54, 1.807) is 0 Å². The molecule has 0 radical (unpaired) electrons. The summed E-state index contributed by atoms with van der Waals surface area (Å²) in [4.78, 5) is 13.6. The predicted octanol–water partition coefficient (Wildman–Crippen LogP) is 6.76. The third-order valence-electron chi connectivity index (χ3n) is 6.23. The molecule has 0 fully saturated rings. The number of fused-ring (bicyclic) bond motifs is 1. The largest absolute Gasteiger partial charge is 0.507 e. The Bertz CT molecular complexity index is 1110. The van der Waals surface area contributed by atoms with Gasteiger partial charge in [0.1, 0.15) is 11.5 Å². The molecule has 1 aliphatic heterocycles. The van der Waals surface area contributed by atoms with Gasteiger partial charge in [0.15, 0.2) is 6.10 Å². The highest BCUT2D eigenvalue weighted by Crippen LogP contribution is 2.47. The molecule has 3 heteroatoms. The van der Waals surface area contributed by atoms with Crippen molar-refractivity contribution in [2.45, 2.75) is 64.4 Å². The van der Waals surface area contributed by atoms with Crippen molar-refractivity contribution in [3.05, 3.63) is 94.5 Å². The Labute approximate surface area is 191 Å². The summed E-state index contributed by atoms with van der Waals surface area (Å²) in [5.74, 6) is 0.803. The van der Waals surface area contributed by atoms with Crippen molar-refractivity contribution in [1.82, 2.24) is 0 Å². The lowest BCUT2D eigenvalue weighted by Crippen LogP contribution is -2.30. The van der Waals surface area contributed by atoms with Crippen LogP contribution in [0.4, 0.5) is 0 Å². The Kier molecular flexibility index (Phi) is 5.40. The molecular formula is C29H32O3. The molecule has 0 saturated heterocycles. The van der Waals surface area contributed by atoms with Gasteiger partial charge in [-0.25, -0.2) is 0 Å². The molecule has 32 heavy (non-hydrogen) atoms. The average molecular weight is 429 g/mol. The van der Waals surface area contributed by atoms with E-state index in [2.05, 4.69) is 53.7 Å². The van der Waals surface area contributed by atoms with Crippen LogP contribution in [0.25, 0.3) is 0 Å². The van der Waals surface area contributed by atoms with Crippen LogP contribution in [0.2, 0.25) is 0 Å². The topological polar surface area (TPSA) is 46.5 Å². The maximum absolute atomic E-state index is 13.6. The molecule has 1 aliphatic rings. The molecule has 1 heterocycles. The molecule has 4 rings (SSSR count). The van der Waals surface area contributed by atoms with E-state index < -0.39 is 6.10 Å². The van der Waals surface area contributed by atoms with Crippen LogP contribution >= 0.6 is 0 Å². The molecule has 0 aromatic heterocycles. The first kappa shape index (κ1) is 22.1. The highest BCUT2D eigenvalue weighted by molar-refractivity contribution is 6.01. The summed E-state index contributed by atoms with van der Waals surface area (Å²) in [6.45, 7) is 12.6. The van der Waals surface area contributed by atoms with Crippen molar-refractivity contribution in [2.75, 3.05) is 0 Å². The van der Waals surface area contributed by atoms with Crippen molar-refractivity contribution >= 4 is 5.78 Å². The summed E-state index contributed by atoms with van der Waals surface area (Å²) in [6.07, 6.45) is -0.653. The van der Waals surface area contributed by atoms with Gasteiger partial charge < -0.3 is 9.84 Å². The average Bonchev–Trinajstić information content (AvgIpc) is 3.12. The van der Waals surface area contributed by atoms with Crippen molar-refractivity contribution in [2.24, 2.45) is 0 Å². The number of ether oxygens (including phenoxy) is 1. The quantitative estimate of drug-likeness (QED) is 0.469. The molecule has 3 aromatic carbocycles. The first-order chi connectivity index (χ1) is 15.0. The number of hydrogen-bond acceptors (Lipinski definition) is 3. The van der Waals surface area contributed by atoms with E-state index in [-0.39, 0.29) is 22.5 Å². The van der Waals surface area contributed by atoms with E-state index in [1.807, 2.05) is 54.6 Å². The van der Waals surface area contributed by atoms with Crippen LogP contribution in [0.5, 0.6) is 11.5 Å². The smallest absolute Gasteiger partial charge is 0.204 e. The number of Topliss-reactive ketones (excluding diaryl/α,β-unsaturated/α-hetero) is 1. The lowest BCUT2D eigenvalue weighted by atomic mass is 9.75. The van der Waals surface area contributed by atoms with Gasteiger partial charge in [-0.2, -0.15) is 0 Å². The zero-order chi connectivity index (χ0) is 23.3. The van der Waals surface area contributed by atoms with Gasteiger partial charge in [-0.1, -0.05) is 102 Å². The van der Waals surface area contributed by atoms with Gasteiger partial charge in [0.2, 0.25) is 5.78 Å². The molecule has 0 aliphatic carbocycles. The standard InChI is InChI=1S/C29H32O3/c1-28(2,3)21-16-19(17-22(26(21)31)29(4,5)6)24-20-14-10-11-15-23(20)32-27(24)25(30)18-12-8-7-9-13-18/h7-17,24,27,31H,1-6H3/t24-,27-/m0/s1. The fourth-order valence-electron chi connectivity index (χ4n) is 4.52. The molecule has 166 valence electrons. The molecule has 1 N–H and O–H groups in total. The molecule has 0 spiro atoms. The Morgan fingerprint density at radius 2 is 1.34 bits per heavy atom. The number of benzene rings is 3. The van der Waals surface area contributed by atoms with E-state index in [1.165, 1.54) is 0 Å². The van der Waals surface area contributed by atoms with Gasteiger partial charge in [-0.3, -0.25) is 4.79 Å². The predicted molar refractivity (Wildman–Crippen MR) is 129 cm³/mol. The van der Waals surface area contributed by atoms with Crippen LogP contribution in [-0.2, 0) is 10.8 Å². The number of aromatic hydroxyl groups is 1. The Morgan fingerprint density at radius 1 is 0.812 bits per heavy atom. The van der Waals surface area contributed by atoms with E-state index in [9.17, 15) is 9.90 Å². The lowest BCUT2D eigenvalue weighted by Gasteiger charge is -2.30. The van der Waals surface area contributed by atoms with Gasteiger partial charge in [-0.15, -0.1) is 0 Å². The summed E-state index contributed by atoms with van der Waals surface area (Å²) in [6, 6.07) is 21.3. The summed E-state index contributed by atoms with van der Waals surface area (Å²) < 4.78 is 6.26. The number of carbonyl (C=O) groups excluding carboxylic acids is 1. The van der Waals surface area contributed by atoms with Crippen LogP contribution in [-0.4, -0.2) is 17.0 Å². The van der Waals surface area contributed by atoms with Crippen LogP contribution in [0, 0.1) is 0 Å². The van der Waals surface area contributed by atoms with Crippen molar-refractivity contribution in [3.8, 4) is 11.5 Å². The second-order valence-corrected chi connectivity index (χ2v) is 10.7. The highest BCUT2D eigenvalue weighted by Gasteiger charge is 2.41. The SMILES string of the molecule is CC(C)(C)c1cc([C@H]2c3ccccc3O[C@@H]2C(=O)c2ccccc2)cc(C(C)(C)C)c1O. The summed E-state index contributed by atoms with van der Waals surface area (Å²) in [7, 11) is 0. The maximum atomic E-state index is 13.6. The van der Waals surface area contributed by atoms with E-state index in [4.69, 9.17) is 4.74 Å².